The topological polar surface area (TPSA) is 46.3 Å². The minimum Gasteiger partial charge on any atom is -0.337 e. The van der Waals surface area contributed by atoms with Crippen LogP contribution in [-0.4, -0.2) is 40.9 Å². The molecule has 1 heterocycles. The summed E-state index contributed by atoms with van der Waals surface area (Å²) in [5.74, 6) is 1.43. The monoisotopic (exact) mass is 320 g/mol. The lowest BCUT2D eigenvalue weighted by atomic mass is 9.79. The van der Waals surface area contributed by atoms with Gasteiger partial charge in [-0.05, 0) is 25.7 Å². The van der Waals surface area contributed by atoms with Crippen molar-refractivity contribution in [2.45, 2.75) is 63.7 Å². The highest BCUT2D eigenvalue weighted by Gasteiger charge is 2.43. The smallest absolute Gasteiger partial charge is 0.230 e. The molecule has 0 aromatic heterocycles. The Morgan fingerprint density at radius 2 is 1.95 bits per heavy atom. The summed E-state index contributed by atoms with van der Waals surface area (Å²) in [6.45, 7) is 5.61. The highest BCUT2D eigenvalue weighted by Crippen LogP contribution is 2.38. The Balaban J connectivity index is 0.00000200. The zero-order valence-electron chi connectivity index (χ0n) is 12.8. The molecule has 0 aromatic carbocycles. The molecule has 1 aliphatic heterocycles. The van der Waals surface area contributed by atoms with E-state index >= 15 is 0 Å². The van der Waals surface area contributed by atoms with E-state index in [1.54, 1.807) is 0 Å². The van der Waals surface area contributed by atoms with E-state index in [4.69, 9.17) is 5.73 Å². The van der Waals surface area contributed by atoms with Gasteiger partial charge in [-0.2, -0.15) is 11.8 Å². The summed E-state index contributed by atoms with van der Waals surface area (Å²) in [6, 6.07) is 0.476. The van der Waals surface area contributed by atoms with Gasteiger partial charge in [-0.3, -0.25) is 4.79 Å². The molecular weight excluding hydrogens is 292 g/mol. The van der Waals surface area contributed by atoms with Crippen LogP contribution in [0.5, 0.6) is 0 Å². The fourth-order valence-electron chi connectivity index (χ4n) is 3.58. The highest BCUT2D eigenvalue weighted by atomic mass is 35.5. The van der Waals surface area contributed by atoms with Crippen molar-refractivity contribution in [3.63, 3.8) is 0 Å². The lowest BCUT2D eigenvalue weighted by molar-refractivity contribution is -0.145. The van der Waals surface area contributed by atoms with Crippen LogP contribution in [0.2, 0.25) is 0 Å². The number of nitrogens with two attached hydrogens (primary N) is 1. The Morgan fingerprint density at radius 3 is 2.55 bits per heavy atom. The Morgan fingerprint density at radius 1 is 1.30 bits per heavy atom. The van der Waals surface area contributed by atoms with Gasteiger partial charge in [-0.15, -0.1) is 12.4 Å². The molecule has 2 unspecified atom stereocenters. The van der Waals surface area contributed by atoms with E-state index in [2.05, 4.69) is 30.5 Å². The predicted molar refractivity (Wildman–Crippen MR) is 89.5 cm³/mol. The lowest BCUT2D eigenvalue weighted by Crippen LogP contribution is -2.57. The molecule has 20 heavy (non-hydrogen) atoms. The maximum absolute atomic E-state index is 13.0. The van der Waals surface area contributed by atoms with Crippen molar-refractivity contribution < 1.29 is 4.79 Å². The second kappa shape index (κ2) is 7.90. The van der Waals surface area contributed by atoms with Gasteiger partial charge in [0.15, 0.2) is 0 Å². The van der Waals surface area contributed by atoms with Gasteiger partial charge in [0.1, 0.15) is 0 Å². The van der Waals surface area contributed by atoms with Gasteiger partial charge in [-0.25, -0.2) is 0 Å². The number of carbonyl (C=O) groups excluding carboxylic acids is 1. The zero-order valence-corrected chi connectivity index (χ0v) is 14.4. The van der Waals surface area contributed by atoms with Crippen LogP contribution in [0.15, 0.2) is 0 Å². The summed E-state index contributed by atoms with van der Waals surface area (Å²) >= 11 is 2.08. The van der Waals surface area contributed by atoms with Crippen molar-refractivity contribution in [3.8, 4) is 0 Å². The molecule has 2 N–H and O–H groups in total. The predicted octanol–water partition coefficient (Wildman–Crippen LogP) is 3.06. The third-order valence-electron chi connectivity index (χ3n) is 5.19. The average molecular weight is 321 g/mol. The summed E-state index contributed by atoms with van der Waals surface area (Å²) in [4.78, 5) is 15.2. The summed E-state index contributed by atoms with van der Waals surface area (Å²) < 4.78 is 0. The van der Waals surface area contributed by atoms with E-state index in [9.17, 15) is 4.79 Å². The van der Waals surface area contributed by atoms with Crippen LogP contribution in [-0.2, 0) is 4.79 Å². The van der Waals surface area contributed by atoms with Crippen LogP contribution in [0.4, 0.5) is 0 Å². The van der Waals surface area contributed by atoms with E-state index in [1.165, 1.54) is 25.7 Å². The number of hydrogen-bond acceptors (Lipinski definition) is 3. The van der Waals surface area contributed by atoms with Crippen molar-refractivity contribution in [1.82, 2.24) is 4.90 Å². The van der Waals surface area contributed by atoms with Gasteiger partial charge in [0.25, 0.3) is 0 Å². The average Bonchev–Trinajstić information content (AvgIpc) is 2.49. The minimum absolute atomic E-state index is 0. The molecule has 2 fully saturated rings. The molecule has 118 valence electrons. The first kappa shape index (κ1) is 18.1. The van der Waals surface area contributed by atoms with Gasteiger partial charge in [-0.1, -0.05) is 26.7 Å². The first-order valence-corrected chi connectivity index (χ1v) is 8.86. The number of carbonyl (C=O) groups is 1. The number of thioether (sulfide) groups is 1. The molecular formula is C15H29ClN2OS. The molecule has 0 aromatic rings. The molecule has 2 atom stereocenters. The SMILES string of the molecule is CCC(CC)(CN)C(=O)N1CCSC2CCCCC21.Cl. The second-order valence-electron chi connectivity index (χ2n) is 5.95. The number of amides is 1. The maximum atomic E-state index is 13.0. The van der Waals surface area contributed by atoms with Gasteiger partial charge in [0, 0.05) is 30.1 Å². The molecule has 2 rings (SSSR count). The van der Waals surface area contributed by atoms with Crippen LogP contribution in [0.3, 0.4) is 0 Å². The summed E-state index contributed by atoms with van der Waals surface area (Å²) in [5, 5.41) is 0.677. The number of hydrogen-bond donors (Lipinski definition) is 1. The molecule has 5 heteroatoms. The van der Waals surface area contributed by atoms with Crippen LogP contribution < -0.4 is 5.73 Å². The summed E-state index contributed by atoms with van der Waals surface area (Å²) in [6.07, 6.45) is 6.81. The van der Waals surface area contributed by atoms with Crippen LogP contribution in [0.1, 0.15) is 52.4 Å². The van der Waals surface area contributed by atoms with E-state index < -0.39 is 0 Å². The second-order valence-corrected chi connectivity index (χ2v) is 7.30. The Kier molecular flexibility index (Phi) is 7.16. The zero-order chi connectivity index (χ0) is 13.9. The van der Waals surface area contributed by atoms with E-state index in [0.717, 1.165) is 25.1 Å². The Bertz CT molecular complexity index is 313. The quantitative estimate of drug-likeness (QED) is 0.866. The lowest BCUT2D eigenvalue weighted by Gasteiger charge is -2.47. The minimum atomic E-state index is -0.315. The van der Waals surface area contributed by atoms with E-state index in [0.29, 0.717) is 23.7 Å². The molecule has 0 bridgehead atoms. The number of nitrogens with zero attached hydrogens (tertiary/aromatic N) is 1. The Labute approximate surface area is 133 Å². The maximum Gasteiger partial charge on any atom is 0.230 e. The van der Waals surface area contributed by atoms with Gasteiger partial charge in [0.2, 0.25) is 5.91 Å². The molecule has 1 amide bonds. The molecule has 1 saturated carbocycles. The van der Waals surface area contributed by atoms with Crippen molar-refractivity contribution in [2.75, 3.05) is 18.8 Å². The normalized spacial score (nSPS) is 26.6. The molecule has 3 nitrogen and oxygen atoms in total. The first-order valence-electron chi connectivity index (χ1n) is 7.81. The van der Waals surface area contributed by atoms with Gasteiger partial charge >= 0.3 is 0 Å². The summed E-state index contributed by atoms with van der Waals surface area (Å²) in [7, 11) is 0. The standard InChI is InChI=1S/C15H28N2OS.ClH/c1-3-15(4-2,11-16)14(18)17-9-10-19-13-8-6-5-7-12(13)17;/h12-13H,3-11,16H2,1-2H3;1H. The fourth-order valence-corrected chi connectivity index (χ4v) is 5.03. The van der Waals surface area contributed by atoms with Crippen molar-refractivity contribution in [1.29, 1.82) is 0 Å². The number of rotatable bonds is 4. The van der Waals surface area contributed by atoms with Crippen molar-refractivity contribution in [2.24, 2.45) is 11.1 Å². The molecule has 2 aliphatic rings. The van der Waals surface area contributed by atoms with E-state index in [-0.39, 0.29) is 17.8 Å². The molecule has 1 saturated heterocycles. The molecule has 0 radical (unpaired) electrons. The fraction of sp³-hybridized carbons (Fsp3) is 0.933. The van der Waals surface area contributed by atoms with E-state index in [1.807, 2.05) is 0 Å². The Hall–Kier alpha value is 0.0700. The van der Waals surface area contributed by atoms with Crippen molar-refractivity contribution in [3.05, 3.63) is 0 Å². The highest BCUT2D eigenvalue weighted by molar-refractivity contribution is 8.00. The summed E-state index contributed by atoms with van der Waals surface area (Å²) in [5.41, 5.74) is 5.64. The van der Waals surface area contributed by atoms with Gasteiger partial charge < -0.3 is 10.6 Å². The number of fused-ring (bicyclic) bond motifs is 1. The first-order chi connectivity index (χ1) is 9.18. The third-order valence-corrected chi connectivity index (χ3v) is 6.59. The number of halogens is 1. The third kappa shape index (κ3) is 3.28. The van der Waals surface area contributed by atoms with Crippen LogP contribution in [0.25, 0.3) is 0 Å². The van der Waals surface area contributed by atoms with Crippen molar-refractivity contribution >= 4 is 30.1 Å². The molecule has 1 aliphatic carbocycles. The van der Waals surface area contributed by atoms with Crippen LogP contribution in [0, 0.1) is 5.41 Å². The largest absolute Gasteiger partial charge is 0.337 e. The molecule has 0 spiro atoms. The van der Waals surface area contributed by atoms with Crippen LogP contribution >= 0.6 is 24.2 Å². The van der Waals surface area contributed by atoms with Gasteiger partial charge in [0.05, 0.1) is 5.41 Å².